The first-order valence-electron chi connectivity index (χ1n) is 7.40. The number of nitrogen functional groups attached to an aromatic ring is 1. The van der Waals surface area contributed by atoms with Gasteiger partial charge in [-0.3, -0.25) is 4.90 Å². The van der Waals surface area contributed by atoms with E-state index < -0.39 is 0 Å². The molecular formula is C16H29N3O. The number of ether oxygens (including phenoxy) is 1. The van der Waals surface area contributed by atoms with Gasteiger partial charge in [-0.15, -0.1) is 0 Å². The zero-order valence-corrected chi connectivity index (χ0v) is 13.3. The molecule has 4 heteroatoms. The van der Waals surface area contributed by atoms with Crippen LogP contribution in [0.4, 0.5) is 5.69 Å². The van der Waals surface area contributed by atoms with Gasteiger partial charge in [-0.25, -0.2) is 0 Å². The lowest BCUT2D eigenvalue weighted by Gasteiger charge is -2.29. The Labute approximate surface area is 123 Å². The van der Waals surface area contributed by atoms with Crippen LogP contribution in [-0.4, -0.2) is 56.2 Å². The minimum absolute atomic E-state index is 0.575. The van der Waals surface area contributed by atoms with Gasteiger partial charge in [0.2, 0.25) is 0 Å². The monoisotopic (exact) mass is 279 g/mol. The molecule has 0 spiro atoms. The molecule has 0 aliphatic carbocycles. The van der Waals surface area contributed by atoms with Gasteiger partial charge in [-0.05, 0) is 58.3 Å². The minimum atomic E-state index is 0.575. The second-order valence-electron chi connectivity index (χ2n) is 5.51. The number of nitrogens with zero attached hydrogens (tertiary/aromatic N) is 2. The molecule has 0 aliphatic rings. The van der Waals surface area contributed by atoms with Crippen molar-refractivity contribution in [3.8, 4) is 5.75 Å². The molecule has 1 unspecified atom stereocenters. The number of hydrogen-bond donors (Lipinski definition) is 1. The Balaban J connectivity index is 2.26. The normalized spacial score (nSPS) is 12.9. The van der Waals surface area contributed by atoms with Gasteiger partial charge in [0.05, 0.1) is 6.61 Å². The minimum Gasteiger partial charge on any atom is -0.494 e. The number of rotatable bonds is 9. The summed E-state index contributed by atoms with van der Waals surface area (Å²) in [4.78, 5) is 4.73. The smallest absolute Gasteiger partial charge is 0.119 e. The lowest BCUT2D eigenvalue weighted by molar-refractivity contribution is 0.168. The van der Waals surface area contributed by atoms with Crippen LogP contribution in [0.5, 0.6) is 5.75 Å². The third kappa shape index (κ3) is 6.26. The molecule has 1 atom stereocenters. The Bertz CT molecular complexity index is 364. The Morgan fingerprint density at radius 1 is 1.20 bits per heavy atom. The van der Waals surface area contributed by atoms with Crippen molar-refractivity contribution in [3.63, 3.8) is 0 Å². The van der Waals surface area contributed by atoms with E-state index in [1.54, 1.807) is 0 Å². The average molecular weight is 279 g/mol. The molecule has 0 saturated carbocycles. The highest BCUT2D eigenvalue weighted by molar-refractivity contribution is 5.41. The maximum Gasteiger partial charge on any atom is 0.119 e. The summed E-state index contributed by atoms with van der Waals surface area (Å²) in [5, 5.41) is 0. The van der Waals surface area contributed by atoms with Crippen molar-refractivity contribution >= 4 is 5.69 Å². The Morgan fingerprint density at radius 2 is 1.85 bits per heavy atom. The van der Waals surface area contributed by atoms with E-state index in [2.05, 4.69) is 37.7 Å². The number of likely N-dealkylation sites (N-methyl/N-ethyl adjacent to an activating group) is 2. The van der Waals surface area contributed by atoms with Crippen molar-refractivity contribution in [2.75, 3.05) is 46.1 Å². The Hall–Kier alpha value is -1.26. The quantitative estimate of drug-likeness (QED) is 0.556. The van der Waals surface area contributed by atoms with E-state index >= 15 is 0 Å². The maximum absolute atomic E-state index is 5.72. The number of benzene rings is 1. The van der Waals surface area contributed by atoms with Crippen LogP contribution in [0.15, 0.2) is 24.3 Å². The zero-order valence-electron chi connectivity index (χ0n) is 13.3. The fraction of sp³-hybridized carbons (Fsp3) is 0.625. The van der Waals surface area contributed by atoms with Gasteiger partial charge in [0, 0.05) is 24.8 Å². The van der Waals surface area contributed by atoms with Crippen molar-refractivity contribution in [2.24, 2.45) is 0 Å². The van der Waals surface area contributed by atoms with E-state index in [1.807, 2.05) is 24.3 Å². The summed E-state index contributed by atoms with van der Waals surface area (Å²) in [6.07, 6.45) is 1.04. The zero-order chi connectivity index (χ0) is 15.0. The molecule has 0 aromatic heterocycles. The van der Waals surface area contributed by atoms with Gasteiger partial charge in [0.15, 0.2) is 0 Å². The highest BCUT2D eigenvalue weighted by atomic mass is 16.5. The van der Waals surface area contributed by atoms with Crippen molar-refractivity contribution in [2.45, 2.75) is 26.3 Å². The summed E-state index contributed by atoms with van der Waals surface area (Å²) in [5.74, 6) is 0.892. The first-order valence-corrected chi connectivity index (χ1v) is 7.40. The molecule has 0 bridgehead atoms. The number of anilines is 1. The number of hydrogen-bond acceptors (Lipinski definition) is 4. The molecule has 1 rings (SSSR count). The Kier molecular flexibility index (Phi) is 7.41. The molecule has 0 fully saturated rings. The highest BCUT2D eigenvalue weighted by Crippen LogP contribution is 2.13. The molecule has 114 valence electrons. The fourth-order valence-corrected chi connectivity index (χ4v) is 2.36. The second-order valence-corrected chi connectivity index (χ2v) is 5.51. The fourth-order valence-electron chi connectivity index (χ4n) is 2.36. The van der Waals surface area contributed by atoms with Gasteiger partial charge in [-0.1, -0.05) is 6.92 Å². The molecule has 1 aromatic rings. The van der Waals surface area contributed by atoms with E-state index in [9.17, 15) is 0 Å². The van der Waals surface area contributed by atoms with Gasteiger partial charge in [0.25, 0.3) is 0 Å². The van der Waals surface area contributed by atoms with E-state index in [-0.39, 0.29) is 0 Å². The van der Waals surface area contributed by atoms with Gasteiger partial charge >= 0.3 is 0 Å². The summed E-state index contributed by atoms with van der Waals surface area (Å²) < 4.78 is 5.72. The van der Waals surface area contributed by atoms with Crippen LogP contribution in [-0.2, 0) is 0 Å². The first kappa shape index (κ1) is 16.8. The van der Waals surface area contributed by atoms with Crippen molar-refractivity contribution in [1.82, 2.24) is 9.80 Å². The SMILES string of the molecule is CCN(CCCOc1ccc(N)cc1)C(C)CN(C)C. The van der Waals surface area contributed by atoms with E-state index in [4.69, 9.17) is 10.5 Å². The van der Waals surface area contributed by atoms with Crippen LogP contribution in [0, 0.1) is 0 Å². The molecule has 1 aromatic carbocycles. The van der Waals surface area contributed by atoms with Crippen LogP contribution < -0.4 is 10.5 Å². The van der Waals surface area contributed by atoms with Crippen LogP contribution in [0.3, 0.4) is 0 Å². The topological polar surface area (TPSA) is 41.7 Å². The van der Waals surface area contributed by atoms with Crippen LogP contribution in [0.2, 0.25) is 0 Å². The first-order chi connectivity index (χ1) is 9.52. The molecular weight excluding hydrogens is 250 g/mol. The summed E-state index contributed by atoms with van der Waals surface area (Å²) in [6.45, 7) is 8.48. The standard InChI is InChI=1S/C16H29N3O/c1-5-19(14(2)13-18(3)4)11-6-12-20-16-9-7-15(17)8-10-16/h7-10,14H,5-6,11-13,17H2,1-4H3. The summed E-state index contributed by atoms with van der Waals surface area (Å²) in [7, 11) is 4.24. The maximum atomic E-state index is 5.72. The molecule has 0 radical (unpaired) electrons. The molecule has 2 N–H and O–H groups in total. The third-order valence-corrected chi connectivity index (χ3v) is 3.40. The lowest BCUT2D eigenvalue weighted by atomic mass is 10.2. The molecule has 0 aliphatic heterocycles. The van der Waals surface area contributed by atoms with Crippen LogP contribution in [0.25, 0.3) is 0 Å². The average Bonchev–Trinajstić information content (AvgIpc) is 2.40. The van der Waals surface area contributed by atoms with Crippen LogP contribution in [0.1, 0.15) is 20.3 Å². The van der Waals surface area contributed by atoms with Crippen LogP contribution >= 0.6 is 0 Å². The van der Waals surface area contributed by atoms with Crippen molar-refractivity contribution in [3.05, 3.63) is 24.3 Å². The predicted octanol–water partition coefficient (Wildman–Crippen LogP) is 2.31. The Morgan fingerprint density at radius 3 is 2.40 bits per heavy atom. The van der Waals surface area contributed by atoms with Gasteiger partial charge < -0.3 is 15.4 Å². The molecule has 0 heterocycles. The lowest BCUT2D eigenvalue weighted by Crippen LogP contribution is -2.40. The third-order valence-electron chi connectivity index (χ3n) is 3.40. The van der Waals surface area contributed by atoms with Crippen molar-refractivity contribution in [1.29, 1.82) is 0 Å². The highest BCUT2D eigenvalue weighted by Gasteiger charge is 2.12. The van der Waals surface area contributed by atoms with Gasteiger partial charge in [-0.2, -0.15) is 0 Å². The largest absolute Gasteiger partial charge is 0.494 e. The molecule has 0 amide bonds. The summed E-state index contributed by atoms with van der Waals surface area (Å²) >= 11 is 0. The molecule has 20 heavy (non-hydrogen) atoms. The number of nitrogens with two attached hydrogens (primary N) is 1. The van der Waals surface area contributed by atoms with Gasteiger partial charge in [0.1, 0.15) is 5.75 Å². The van der Waals surface area contributed by atoms with Crippen molar-refractivity contribution < 1.29 is 4.74 Å². The molecule has 0 saturated heterocycles. The summed E-state index contributed by atoms with van der Waals surface area (Å²) in [5.41, 5.74) is 6.42. The summed E-state index contributed by atoms with van der Waals surface area (Å²) in [6, 6.07) is 8.15. The predicted molar refractivity (Wildman–Crippen MR) is 86.2 cm³/mol. The van der Waals surface area contributed by atoms with E-state index in [1.165, 1.54) is 0 Å². The second kappa shape index (κ2) is 8.82. The van der Waals surface area contributed by atoms with E-state index in [0.717, 1.165) is 44.1 Å². The van der Waals surface area contributed by atoms with E-state index in [0.29, 0.717) is 6.04 Å². The molecule has 4 nitrogen and oxygen atoms in total.